The van der Waals surface area contributed by atoms with E-state index in [0.717, 1.165) is 62.9 Å². The van der Waals surface area contributed by atoms with Gasteiger partial charge in [-0.1, -0.05) is 30.3 Å². The Bertz CT molecular complexity index is 1710. The zero-order chi connectivity index (χ0) is 25.4. The van der Waals surface area contributed by atoms with Crippen molar-refractivity contribution in [2.75, 3.05) is 5.32 Å². The van der Waals surface area contributed by atoms with Crippen molar-refractivity contribution in [2.45, 2.75) is 26.7 Å². The number of carbonyl (C=O) groups excluding carboxylic acids is 1. The number of H-pyrrole nitrogens is 1. The van der Waals surface area contributed by atoms with Crippen LogP contribution >= 0.6 is 0 Å². The molecule has 1 aliphatic carbocycles. The van der Waals surface area contributed by atoms with Gasteiger partial charge in [0.2, 0.25) is 5.95 Å². The van der Waals surface area contributed by atoms with Crippen molar-refractivity contribution in [2.24, 2.45) is 0 Å². The Morgan fingerprint density at radius 3 is 2.62 bits per heavy atom. The van der Waals surface area contributed by atoms with Crippen LogP contribution in [-0.4, -0.2) is 20.9 Å². The predicted molar refractivity (Wildman–Crippen MR) is 150 cm³/mol. The molecule has 182 valence electrons. The maximum atomic E-state index is 12.9. The van der Waals surface area contributed by atoms with Crippen LogP contribution < -0.4 is 10.6 Å². The molecule has 0 saturated carbocycles. The third-order valence-electron chi connectivity index (χ3n) is 6.86. The van der Waals surface area contributed by atoms with Gasteiger partial charge in [0.25, 0.3) is 5.91 Å². The van der Waals surface area contributed by atoms with Crippen molar-refractivity contribution in [1.29, 1.82) is 0 Å². The summed E-state index contributed by atoms with van der Waals surface area (Å²) in [6.45, 7) is 4.12. The number of nitrogens with one attached hydrogen (secondary N) is 3. The first-order valence-electron chi connectivity index (χ1n) is 12.4. The second-order valence-corrected chi connectivity index (χ2v) is 9.43. The third kappa shape index (κ3) is 4.49. The van der Waals surface area contributed by atoms with Crippen molar-refractivity contribution in [1.82, 2.24) is 20.3 Å². The monoisotopic (exact) mass is 485 g/mol. The van der Waals surface area contributed by atoms with Crippen molar-refractivity contribution in [3.8, 4) is 11.3 Å². The molecule has 3 N–H and O–H groups in total. The standard InChI is InChI=1S/C31H27N5O/c1-19-6-5-7-20(2)28(19)35-30(37)21-10-13-24(14-11-21)33-31-34-27-9-4-3-8-25(27)29(36-31)23-12-15-26-22(18-23)16-17-32-26/h3-4,6,8-18,32H,5,7H2,1-2H3,(H,35,37)(H,33,34,36). The largest absolute Gasteiger partial charge is 0.361 e. The van der Waals surface area contributed by atoms with Gasteiger partial charge in [0, 0.05) is 45.0 Å². The highest BCUT2D eigenvalue weighted by Gasteiger charge is 2.15. The van der Waals surface area contributed by atoms with E-state index in [2.05, 4.69) is 52.9 Å². The van der Waals surface area contributed by atoms with Gasteiger partial charge in [0.1, 0.15) is 0 Å². The van der Waals surface area contributed by atoms with E-state index in [9.17, 15) is 4.79 Å². The minimum Gasteiger partial charge on any atom is -0.361 e. The SMILES string of the molecule is CC1=CCCC(C)=C1NC(=O)c1ccc(Nc2nc(-c3ccc4[nH]ccc4c3)c3ccccc3n2)cc1. The lowest BCUT2D eigenvalue weighted by molar-refractivity contribution is 0.0966. The number of aromatic nitrogens is 3. The van der Waals surface area contributed by atoms with E-state index in [4.69, 9.17) is 9.97 Å². The Kier molecular flexibility index (Phi) is 5.77. The molecule has 0 fully saturated rings. The Balaban J connectivity index is 1.28. The Morgan fingerprint density at radius 2 is 1.78 bits per heavy atom. The molecular weight excluding hydrogens is 458 g/mol. The number of rotatable bonds is 5. The molecule has 0 atom stereocenters. The van der Waals surface area contributed by atoms with Crippen LogP contribution in [0, 0.1) is 0 Å². The van der Waals surface area contributed by atoms with Crippen LogP contribution in [-0.2, 0) is 0 Å². The molecular formula is C31H27N5O. The van der Waals surface area contributed by atoms with E-state index in [1.165, 1.54) is 5.57 Å². The number of aromatic amines is 1. The number of allylic oxidation sites excluding steroid dienone is 3. The highest BCUT2D eigenvalue weighted by molar-refractivity contribution is 5.97. The van der Waals surface area contributed by atoms with Crippen LogP contribution in [0.15, 0.2) is 102 Å². The summed E-state index contributed by atoms with van der Waals surface area (Å²) < 4.78 is 0. The van der Waals surface area contributed by atoms with Gasteiger partial charge >= 0.3 is 0 Å². The van der Waals surface area contributed by atoms with Gasteiger partial charge in [0.15, 0.2) is 0 Å². The van der Waals surface area contributed by atoms with Gasteiger partial charge in [-0.15, -0.1) is 0 Å². The molecule has 0 radical (unpaired) electrons. The van der Waals surface area contributed by atoms with E-state index < -0.39 is 0 Å². The summed E-state index contributed by atoms with van der Waals surface area (Å²) in [6.07, 6.45) is 6.11. The van der Waals surface area contributed by atoms with E-state index in [-0.39, 0.29) is 5.91 Å². The number of para-hydroxylation sites is 1. The fourth-order valence-electron chi connectivity index (χ4n) is 4.85. The van der Waals surface area contributed by atoms with Crippen molar-refractivity contribution in [3.05, 3.63) is 107 Å². The molecule has 0 aliphatic heterocycles. The average Bonchev–Trinajstić information content (AvgIpc) is 3.39. The molecule has 6 heteroatoms. The zero-order valence-electron chi connectivity index (χ0n) is 20.8. The zero-order valence-corrected chi connectivity index (χ0v) is 20.8. The summed E-state index contributed by atoms with van der Waals surface area (Å²) in [5, 5.41) is 8.53. The quantitative estimate of drug-likeness (QED) is 0.245. The topological polar surface area (TPSA) is 82.7 Å². The van der Waals surface area contributed by atoms with Gasteiger partial charge in [-0.3, -0.25) is 4.79 Å². The van der Waals surface area contributed by atoms with Gasteiger partial charge in [-0.25, -0.2) is 9.97 Å². The fourth-order valence-corrected chi connectivity index (χ4v) is 4.85. The summed E-state index contributed by atoms with van der Waals surface area (Å²) in [5.41, 5.74) is 8.52. The van der Waals surface area contributed by atoms with Crippen LogP contribution in [0.25, 0.3) is 33.1 Å². The maximum absolute atomic E-state index is 12.9. The predicted octanol–water partition coefficient (Wildman–Crippen LogP) is 7.27. The van der Waals surface area contributed by atoms with E-state index >= 15 is 0 Å². The molecule has 0 unspecified atom stereocenters. The fraction of sp³-hybridized carbons (Fsp3) is 0.129. The first kappa shape index (κ1) is 22.7. The summed E-state index contributed by atoms with van der Waals surface area (Å²) in [7, 11) is 0. The Morgan fingerprint density at radius 1 is 0.946 bits per heavy atom. The smallest absolute Gasteiger partial charge is 0.255 e. The molecule has 0 saturated heterocycles. The van der Waals surface area contributed by atoms with Gasteiger partial charge in [-0.05, 0) is 86.4 Å². The van der Waals surface area contributed by atoms with Gasteiger partial charge in [-0.2, -0.15) is 0 Å². The number of amides is 1. The number of hydrogen-bond acceptors (Lipinski definition) is 4. The summed E-state index contributed by atoms with van der Waals surface area (Å²) in [4.78, 5) is 25.7. The van der Waals surface area contributed by atoms with Crippen LogP contribution in [0.1, 0.15) is 37.0 Å². The first-order valence-corrected chi connectivity index (χ1v) is 12.4. The Labute approximate surface area is 215 Å². The van der Waals surface area contributed by atoms with Crippen molar-refractivity contribution >= 4 is 39.3 Å². The molecule has 0 bridgehead atoms. The number of carbonyl (C=O) groups is 1. The van der Waals surface area contributed by atoms with Crippen LogP contribution in [0.5, 0.6) is 0 Å². The van der Waals surface area contributed by atoms with E-state index in [0.29, 0.717) is 11.5 Å². The van der Waals surface area contributed by atoms with Crippen molar-refractivity contribution < 1.29 is 4.79 Å². The maximum Gasteiger partial charge on any atom is 0.255 e. The number of nitrogens with zero attached hydrogens (tertiary/aromatic N) is 2. The number of benzene rings is 3. The molecule has 2 heterocycles. The molecule has 2 aromatic heterocycles. The molecule has 6 rings (SSSR count). The highest BCUT2D eigenvalue weighted by atomic mass is 16.1. The van der Waals surface area contributed by atoms with Gasteiger partial charge in [0.05, 0.1) is 11.2 Å². The highest BCUT2D eigenvalue weighted by Crippen LogP contribution is 2.30. The Hall–Kier alpha value is -4.71. The third-order valence-corrected chi connectivity index (χ3v) is 6.86. The summed E-state index contributed by atoms with van der Waals surface area (Å²) in [6, 6.07) is 23.7. The second-order valence-electron chi connectivity index (χ2n) is 9.43. The molecule has 37 heavy (non-hydrogen) atoms. The molecule has 1 amide bonds. The normalized spacial score (nSPS) is 13.6. The molecule has 3 aromatic carbocycles. The molecule has 5 aromatic rings. The lowest BCUT2D eigenvalue weighted by Gasteiger charge is -2.18. The average molecular weight is 486 g/mol. The minimum absolute atomic E-state index is 0.111. The minimum atomic E-state index is -0.111. The second kappa shape index (κ2) is 9.39. The lowest BCUT2D eigenvalue weighted by atomic mass is 9.97. The first-order chi connectivity index (χ1) is 18.0. The number of fused-ring (bicyclic) bond motifs is 2. The summed E-state index contributed by atoms with van der Waals surface area (Å²) >= 11 is 0. The van der Waals surface area contributed by atoms with Crippen molar-refractivity contribution in [3.63, 3.8) is 0 Å². The van der Waals surface area contributed by atoms with Crippen LogP contribution in [0.2, 0.25) is 0 Å². The van der Waals surface area contributed by atoms with Gasteiger partial charge < -0.3 is 15.6 Å². The van der Waals surface area contributed by atoms with Crippen LogP contribution in [0.4, 0.5) is 11.6 Å². The molecule has 1 aliphatic rings. The van der Waals surface area contributed by atoms with E-state index in [1.54, 1.807) is 0 Å². The number of hydrogen-bond donors (Lipinski definition) is 3. The molecule has 0 spiro atoms. The molecule has 6 nitrogen and oxygen atoms in total. The van der Waals surface area contributed by atoms with Crippen LogP contribution in [0.3, 0.4) is 0 Å². The van der Waals surface area contributed by atoms with E-state index in [1.807, 2.05) is 61.7 Å². The summed E-state index contributed by atoms with van der Waals surface area (Å²) in [5.74, 6) is 0.392. The number of anilines is 2. The lowest BCUT2D eigenvalue weighted by Crippen LogP contribution is -2.25.